The molecule has 1 aliphatic carbocycles. The average Bonchev–Trinajstić information content (AvgIpc) is 3.30. The minimum atomic E-state index is -0.538. The Morgan fingerprint density at radius 3 is 2.33 bits per heavy atom. The highest BCUT2D eigenvalue weighted by Crippen LogP contribution is 2.56. The molecule has 1 aliphatic rings. The smallest absolute Gasteiger partial charge is 0.312 e. The van der Waals surface area contributed by atoms with Gasteiger partial charge in [-0.25, -0.2) is 0 Å². The van der Waals surface area contributed by atoms with Gasteiger partial charge in [-0.3, -0.25) is 4.79 Å². The maximum absolute atomic E-state index is 11.9. The van der Waals surface area contributed by atoms with Crippen LogP contribution in [0.3, 0.4) is 0 Å². The summed E-state index contributed by atoms with van der Waals surface area (Å²) >= 11 is 0. The lowest BCUT2D eigenvalue weighted by molar-refractivity contribution is -0.145. The van der Waals surface area contributed by atoms with Crippen molar-refractivity contribution in [2.75, 3.05) is 7.11 Å². The van der Waals surface area contributed by atoms with Gasteiger partial charge in [-0.1, -0.05) is 60.7 Å². The van der Waals surface area contributed by atoms with E-state index in [-0.39, 0.29) is 11.9 Å². The molecule has 21 heavy (non-hydrogen) atoms. The molecule has 0 saturated heterocycles. The van der Waals surface area contributed by atoms with E-state index in [1.54, 1.807) is 0 Å². The van der Waals surface area contributed by atoms with Gasteiger partial charge in [0.25, 0.3) is 0 Å². The molecule has 0 radical (unpaired) electrons. The topological polar surface area (TPSA) is 35.5 Å². The fraction of sp³-hybridized carbons (Fsp3) is 0.278. The van der Waals surface area contributed by atoms with Crippen molar-refractivity contribution in [3.63, 3.8) is 0 Å². The number of ether oxygens (including phenoxy) is 2. The van der Waals surface area contributed by atoms with Crippen LogP contribution in [0.4, 0.5) is 0 Å². The minimum Gasteiger partial charge on any atom is -0.469 e. The predicted molar refractivity (Wildman–Crippen MR) is 79.5 cm³/mol. The van der Waals surface area contributed by atoms with E-state index < -0.39 is 5.60 Å². The molecule has 0 amide bonds. The molecule has 3 rings (SSSR count). The zero-order valence-corrected chi connectivity index (χ0v) is 12.0. The normalized spacial score (nSPS) is 23.6. The first-order chi connectivity index (χ1) is 10.3. The first-order valence-electron chi connectivity index (χ1n) is 7.07. The van der Waals surface area contributed by atoms with Gasteiger partial charge in [-0.15, -0.1) is 0 Å². The van der Waals surface area contributed by atoms with E-state index in [9.17, 15) is 4.79 Å². The summed E-state index contributed by atoms with van der Waals surface area (Å²) < 4.78 is 11.0. The van der Waals surface area contributed by atoms with E-state index in [0.717, 1.165) is 11.1 Å². The molecule has 1 saturated carbocycles. The van der Waals surface area contributed by atoms with E-state index in [0.29, 0.717) is 13.0 Å². The van der Waals surface area contributed by atoms with Gasteiger partial charge in [0, 0.05) is 0 Å². The van der Waals surface area contributed by atoms with E-state index in [4.69, 9.17) is 9.47 Å². The lowest BCUT2D eigenvalue weighted by Crippen LogP contribution is -2.20. The van der Waals surface area contributed by atoms with E-state index in [1.807, 2.05) is 60.7 Å². The van der Waals surface area contributed by atoms with Crippen molar-refractivity contribution in [2.24, 2.45) is 5.92 Å². The van der Waals surface area contributed by atoms with Gasteiger partial charge in [0.2, 0.25) is 0 Å². The second-order valence-corrected chi connectivity index (χ2v) is 5.31. The minimum absolute atomic E-state index is 0.202. The summed E-state index contributed by atoms with van der Waals surface area (Å²) in [5.41, 5.74) is 1.60. The summed E-state index contributed by atoms with van der Waals surface area (Å²) in [6.45, 7) is 0.489. The molecule has 0 bridgehead atoms. The molecule has 3 nitrogen and oxygen atoms in total. The first-order valence-corrected chi connectivity index (χ1v) is 7.07. The first kappa shape index (κ1) is 13.8. The zero-order valence-electron chi connectivity index (χ0n) is 12.0. The fourth-order valence-corrected chi connectivity index (χ4v) is 2.73. The Morgan fingerprint density at radius 2 is 1.71 bits per heavy atom. The van der Waals surface area contributed by atoms with Crippen molar-refractivity contribution in [2.45, 2.75) is 18.6 Å². The quantitative estimate of drug-likeness (QED) is 0.789. The summed E-state index contributed by atoms with van der Waals surface area (Å²) in [7, 11) is 1.42. The number of methoxy groups -OCH3 is 1. The monoisotopic (exact) mass is 282 g/mol. The molecule has 2 aromatic carbocycles. The molecule has 2 aromatic rings. The van der Waals surface area contributed by atoms with Crippen molar-refractivity contribution < 1.29 is 14.3 Å². The number of esters is 1. The zero-order chi connectivity index (χ0) is 14.7. The highest BCUT2D eigenvalue weighted by atomic mass is 16.5. The third-order valence-corrected chi connectivity index (χ3v) is 4.00. The summed E-state index contributed by atoms with van der Waals surface area (Å²) in [5, 5.41) is 0. The molecule has 0 heterocycles. The van der Waals surface area contributed by atoms with Gasteiger partial charge in [-0.05, 0) is 17.5 Å². The Kier molecular flexibility index (Phi) is 3.76. The van der Waals surface area contributed by atoms with Crippen LogP contribution in [-0.4, -0.2) is 13.1 Å². The van der Waals surface area contributed by atoms with Crippen LogP contribution in [0.1, 0.15) is 17.5 Å². The SMILES string of the molecule is COC(=O)[C@@H]1C[C@]1(OCc1ccccc1)c1ccccc1. The van der Waals surface area contributed by atoms with Crippen molar-refractivity contribution in [3.8, 4) is 0 Å². The largest absolute Gasteiger partial charge is 0.469 e. The van der Waals surface area contributed by atoms with E-state index in [2.05, 4.69) is 0 Å². The molecular formula is C18H18O3. The standard InChI is InChI=1S/C18H18O3/c1-20-17(19)16-12-18(16,15-10-6-3-7-11-15)21-13-14-8-4-2-5-9-14/h2-11,16H,12-13H2,1H3/t16-,18-/m0/s1. The molecule has 108 valence electrons. The van der Waals surface area contributed by atoms with Crippen LogP contribution in [-0.2, 0) is 26.5 Å². The molecule has 3 heteroatoms. The van der Waals surface area contributed by atoms with Crippen molar-refractivity contribution >= 4 is 5.97 Å². The van der Waals surface area contributed by atoms with Gasteiger partial charge >= 0.3 is 5.97 Å². The van der Waals surface area contributed by atoms with Crippen molar-refractivity contribution in [1.29, 1.82) is 0 Å². The Morgan fingerprint density at radius 1 is 1.10 bits per heavy atom. The molecule has 0 N–H and O–H groups in total. The number of hydrogen-bond acceptors (Lipinski definition) is 3. The van der Waals surface area contributed by atoms with Crippen LogP contribution in [0.25, 0.3) is 0 Å². The third kappa shape index (κ3) is 2.69. The summed E-state index contributed by atoms with van der Waals surface area (Å²) in [5.74, 6) is -0.416. The maximum atomic E-state index is 11.9. The van der Waals surface area contributed by atoms with Gasteiger partial charge in [0.15, 0.2) is 0 Å². The Bertz CT molecular complexity index is 609. The summed E-state index contributed by atoms with van der Waals surface area (Å²) in [4.78, 5) is 11.9. The Labute approximate surface area is 124 Å². The molecule has 0 spiro atoms. The molecular weight excluding hydrogens is 264 g/mol. The highest BCUT2D eigenvalue weighted by molar-refractivity contribution is 5.78. The van der Waals surface area contributed by atoms with Gasteiger partial charge in [-0.2, -0.15) is 0 Å². The van der Waals surface area contributed by atoms with Crippen molar-refractivity contribution in [1.82, 2.24) is 0 Å². The molecule has 0 aliphatic heterocycles. The maximum Gasteiger partial charge on any atom is 0.312 e. The van der Waals surface area contributed by atoms with Crippen LogP contribution in [0.2, 0.25) is 0 Å². The second kappa shape index (κ2) is 5.70. The van der Waals surface area contributed by atoms with Gasteiger partial charge in [0.1, 0.15) is 5.60 Å². The van der Waals surface area contributed by atoms with Crippen LogP contribution in [0, 0.1) is 5.92 Å². The van der Waals surface area contributed by atoms with Crippen molar-refractivity contribution in [3.05, 3.63) is 71.8 Å². The number of benzene rings is 2. The summed E-state index contributed by atoms with van der Waals surface area (Å²) in [6, 6.07) is 19.9. The Hall–Kier alpha value is -2.13. The number of carbonyl (C=O) groups excluding carboxylic acids is 1. The molecule has 2 atom stereocenters. The number of hydrogen-bond donors (Lipinski definition) is 0. The molecule has 0 unspecified atom stereocenters. The van der Waals surface area contributed by atoms with Crippen LogP contribution in [0.5, 0.6) is 0 Å². The van der Waals surface area contributed by atoms with Crippen LogP contribution < -0.4 is 0 Å². The molecule has 1 fully saturated rings. The van der Waals surface area contributed by atoms with Gasteiger partial charge in [0.05, 0.1) is 19.6 Å². The number of rotatable bonds is 5. The number of carbonyl (C=O) groups is 1. The van der Waals surface area contributed by atoms with Gasteiger partial charge < -0.3 is 9.47 Å². The molecule has 0 aromatic heterocycles. The van der Waals surface area contributed by atoms with E-state index in [1.165, 1.54) is 7.11 Å². The second-order valence-electron chi connectivity index (χ2n) is 5.31. The average molecular weight is 282 g/mol. The fourth-order valence-electron chi connectivity index (χ4n) is 2.73. The van der Waals surface area contributed by atoms with E-state index >= 15 is 0 Å². The van der Waals surface area contributed by atoms with Crippen LogP contribution >= 0.6 is 0 Å². The van der Waals surface area contributed by atoms with Crippen LogP contribution in [0.15, 0.2) is 60.7 Å². The third-order valence-electron chi connectivity index (χ3n) is 4.00. The highest BCUT2D eigenvalue weighted by Gasteiger charge is 2.61. The Balaban J connectivity index is 1.80. The summed E-state index contributed by atoms with van der Waals surface area (Å²) in [6.07, 6.45) is 0.677. The lowest BCUT2D eigenvalue weighted by Gasteiger charge is -2.19. The lowest BCUT2D eigenvalue weighted by atomic mass is 10.1. The predicted octanol–water partition coefficient (Wildman–Crippen LogP) is 3.29.